The number of hydrogen-bond donors (Lipinski definition) is 3. The SMILES string of the molecule is CC1(C(=O)O)CCCCC1NC(=O)C1CC(NC(=O)OCC2c3ccccc3-c3ccccc32)C1. The van der Waals surface area contributed by atoms with E-state index in [1.165, 1.54) is 11.1 Å². The van der Waals surface area contributed by atoms with Crippen molar-refractivity contribution in [3.63, 3.8) is 0 Å². The molecule has 3 N–H and O–H groups in total. The molecule has 0 radical (unpaired) electrons. The predicted octanol–water partition coefficient (Wildman–Crippen LogP) is 4.45. The molecule has 3 aliphatic rings. The monoisotopic (exact) mass is 476 g/mol. The van der Waals surface area contributed by atoms with Gasteiger partial charge < -0.3 is 20.5 Å². The summed E-state index contributed by atoms with van der Waals surface area (Å²) in [7, 11) is 0. The summed E-state index contributed by atoms with van der Waals surface area (Å²) in [6.07, 6.45) is 3.64. The molecule has 35 heavy (non-hydrogen) atoms. The molecule has 2 atom stereocenters. The maximum Gasteiger partial charge on any atom is 0.407 e. The first kappa shape index (κ1) is 23.4. The lowest BCUT2D eigenvalue weighted by atomic mass is 9.71. The third-order valence-electron chi connectivity index (χ3n) is 8.19. The van der Waals surface area contributed by atoms with Gasteiger partial charge in [-0.05, 0) is 54.9 Å². The lowest BCUT2D eigenvalue weighted by molar-refractivity contribution is -0.152. The van der Waals surface area contributed by atoms with Crippen LogP contribution in [-0.2, 0) is 14.3 Å². The maximum atomic E-state index is 12.7. The number of carboxylic acid groups (broad SMARTS) is 1. The van der Waals surface area contributed by atoms with Crippen molar-refractivity contribution in [2.45, 2.75) is 63.5 Å². The minimum Gasteiger partial charge on any atom is -0.481 e. The number of amides is 2. The molecule has 2 fully saturated rings. The predicted molar refractivity (Wildman–Crippen MR) is 131 cm³/mol. The highest BCUT2D eigenvalue weighted by atomic mass is 16.5. The molecule has 0 aromatic heterocycles. The van der Waals surface area contributed by atoms with Gasteiger partial charge in [0, 0.05) is 23.9 Å². The number of carboxylic acids is 1. The summed E-state index contributed by atoms with van der Waals surface area (Å²) in [5, 5.41) is 15.5. The third kappa shape index (κ3) is 4.40. The normalized spacial score (nSPS) is 27.2. The molecule has 2 aromatic rings. The average molecular weight is 477 g/mol. The Balaban J connectivity index is 1.10. The lowest BCUT2D eigenvalue weighted by Crippen LogP contribution is -2.56. The molecule has 0 spiro atoms. The minimum atomic E-state index is -0.920. The molecule has 184 valence electrons. The van der Waals surface area contributed by atoms with Gasteiger partial charge in [-0.1, -0.05) is 61.4 Å². The average Bonchev–Trinajstić information content (AvgIpc) is 3.15. The molecule has 0 aliphatic heterocycles. The van der Waals surface area contributed by atoms with Crippen molar-refractivity contribution in [2.75, 3.05) is 6.61 Å². The maximum absolute atomic E-state index is 12.7. The smallest absolute Gasteiger partial charge is 0.407 e. The van der Waals surface area contributed by atoms with Gasteiger partial charge in [0.25, 0.3) is 0 Å². The number of rotatable bonds is 6. The zero-order chi connectivity index (χ0) is 24.6. The van der Waals surface area contributed by atoms with Crippen LogP contribution < -0.4 is 10.6 Å². The van der Waals surface area contributed by atoms with E-state index >= 15 is 0 Å². The second-order valence-electron chi connectivity index (χ2n) is 10.4. The van der Waals surface area contributed by atoms with Crippen LogP contribution in [0.1, 0.15) is 62.5 Å². The molecular weight excluding hydrogens is 444 g/mol. The van der Waals surface area contributed by atoms with Crippen LogP contribution in [-0.4, -0.2) is 41.8 Å². The molecule has 0 heterocycles. The van der Waals surface area contributed by atoms with Crippen molar-refractivity contribution in [1.82, 2.24) is 10.6 Å². The number of carbonyl (C=O) groups excluding carboxylic acids is 2. The molecule has 7 heteroatoms. The zero-order valence-corrected chi connectivity index (χ0v) is 20.0. The van der Waals surface area contributed by atoms with Crippen molar-refractivity contribution >= 4 is 18.0 Å². The molecule has 5 rings (SSSR count). The fraction of sp³-hybridized carbons (Fsp3) is 0.464. The number of benzene rings is 2. The standard InChI is InChI=1S/C28H32N2O5/c1-28(26(32)33)13-7-6-12-24(28)30-25(31)17-14-18(15-17)29-27(34)35-16-23-21-10-4-2-8-19(21)20-9-3-5-11-22(20)23/h2-5,8-11,17-18,23-24H,6-7,12-16H2,1H3,(H,29,34)(H,30,31)(H,32,33). The molecule has 2 unspecified atom stereocenters. The van der Waals surface area contributed by atoms with Crippen molar-refractivity contribution in [3.05, 3.63) is 59.7 Å². The molecule has 2 amide bonds. The van der Waals surface area contributed by atoms with Crippen molar-refractivity contribution in [2.24, 2.45) is 11.3 Å². The van der Waals surface area contributed by atoms with E-state index in [9.17, 15) is 19.5 Å². The molecular formula is C28H32N2O5. The van der Waals surface area contributed by atoms with Crippen LogP contribution in [0.5, 0.6) is 0 Å². The van der Waals surface area contributed by atoms with E-state index in [4.69, 9.17) is 4.74 Å². The van der Waals surface area contributed by atoms with Crippen LogP contribution in [0.2, 0.25) is 0 Å². The van der Waals surface area contributed by atoms with Crippen LogP contribution in [0.4, 0.5) is 4.79 Å². The molecule has 7 nitrogen and oxygen atoms in total. The highest BCUT2D eigenvalue weighted by Gasteiger charge is 2.45. The Morgan fingerprint density at radius 3 is 2.23 bits per heavy atom. The quantitative estimate of drug-likeness (QED) is 0.571. The van der Waals surface area contributed by atoms with Gasteiger partial charge >= 0.3 is 12.1 Å². The molecule has 2 saturated carbocycles. The van der Waals surface area contributed by atoms with Gasteiger partial charge in [-0.15, -0.1) is 0 Å². The first-order valence-electron chi connectivity index (χ1n) is 12.5. The fourth-order valence-electron chi connectivity index (χ4n) is 5.87. The van der Waals surface area contributed by atoms with Gasteiger partial charge in [-0.3, -0.25) is 9.59 Å². The largest absolute Gasteiger partial charge is 0.481 e. The van der Waals surface area contributed by atoms with Gasteiger partial charge in [-0.2, -0.15) is 0 Å². The van der Waals surface area contributed by atoms with Crippen LogP contribution in [0.25, 0.3) is 11.1 Å². The summed E-state index contributed by atoms with van der Waals surface area (Å²) < 4.78 is 5.60. The Kier molecular flexibility index (Phi) is 6.26. The van der Waals surface area contributed by atoms with Crippen molar-refractivity contribution < 1.29 is 24.2 Å². The Morgan fingerprint density at radius 2 is 1.60 bits per heavy atom. The first-order valence-corrected chi connectivity index (χ1v) is 12.5. The van der Waals surface area contributed by atoms with Crippen LogP contribution >= 0.6 is 0 Å². The van der Waals surface area contributed by atoms with Crippen molar-refractivity contribution in [1.29, 1.82) is 0 Å². The Hall–Kier alpha value is -3.35. The summed E-state index contributed by atoms with van der Waals surface area (Å²) in [4.78, 5) is 37.0. The molecule has 3 aliphatic carbocycles. The minimum absolute atomic E-state index is 0.00658. The number of alkyl carbamates (subject to hydrolysis) is 1. The van der Waals surface area contributed by atoms with Crippen molar-refractivity contribution in [3.8, 4) is 11.1 Å². The Bertz CT molecular complexity index is 1100. The number of hydrogen-bond acceptors (Lipinski definition) is 4. The topological polar surface area (TPSA) is 105 Å². The fourth-order valence-corrected chi connectivity index (χ4v) is 5.87. The molecule has 0 bridgehead atoms. The third-order valence-corrected chi connectivity index (χ3v) is 8.19. The number of aliphatic carboxylic acids is 1. The van der Waals surface area contributed by atoms with Gasteiger partial charge in [0.2, 0.25) is 5.91 Å². The Labute approximate surface area is 205 Å². The van der Waals surface area contributed by atoms with E-state index < -0.39 is 17.5 Å². The molecule has 0 saturated heterocycles. The van der Waals surface area contributed by atoms with E-state index in [1.807, 2.05) is 24.3 Å². The summed E-state index contributed by atoms with van der Waals surface area (Å²) in [6, 6.07) is 15.9. The summed E-state index contributed by atoms with van der Waals surface area (Å²) in [5.41, 5.74) is 3.77. The van der Waals surface area contributed by atoms with E-state index in [1.54, 1.807) is 6.92 Å². The molecule has 2 aromatic carbocycles. The first-order chi connectivity index (χ1) is 16.9. The van der Waals surface area contributed by atoms with E-state index in [2.05, 4.69) is 34.9 Å². The van der Waals surface area contributed by atoms with Crippen LogP contribution in [0.3, 0.4) is 0 Å². The highest BCUT2D eigenvalue weighted by molar-refractivity contribution is 5.83. The second-order valence-corrected chi connectivity index (χ2v) is 10.4. The van der Waals surface area contributed by atoms with Gasteiger partial charge in [0.15, 0.2) is 0 Å². The highest BCUT2D eigenvalue weighted by Crippen LogP contribution is 2.44. The number of carbonyl (C=O) groups is 3. The number of fused-ring (bicyclic) bond motifs is 3. The van der Waals surface area contributed by atoms with Gasteiger partial charge in [-0.25, -0.2) is 4.79 Å². The van der Waals surface area contributed by atoms with Crippen LogP contribution in [0, 0.1) is 11.3 Å². The lowest BCUT2D eigenvalue weighted by Gasteiger charge is -2.41. The second kappa shape index (κ2) is 9.36. The summed E-state index contributed by atoms with van der Waals surface area (Å²) in [6.45, 7) is 1.98. The Morgan fingerprint density at radius 1 is 0.971 bits per heavy atom. The van der Waals surface area contributed by atoms with Gasteiger partial charge in [0.05, 0.1) is 5.41 Å². The summed E-state index contributed by atoms with van der Waals surface area (Å²) >= 11 is 0. The number of nitrogens with one attached hydrogen (secondary N) is 2. The number of ether oxygens (including phenoxy) is 1. The van der Waals surface area contributed by atoms with Crippen LogP contribution in [0.15, 0.2) is 48.5 Å². The van der Waals surface area contributed by atoms with E-state index in [0.29, 0.717) is 25.7 Å². The van der Waals surface area contributed by atoms with Gasteiger partial charge in [0.1, 0.15) is 6.61 Å². The van der Waals surface area contributed by atoms with E-state index in [-0.39, 0.29) is 36.4 Å². The summed E-state index contributed by atoms with van der Waals surface area (Å²) in [5.74, 6) is -1.18. The zero-order valence-electron chi connectivity index (χ0n) is 20.0. The van der Waals surface area contributed by atoms with E-state index in [0.717, 1.165) is 24.0 Å².